The normalized spacial score (nSPS) is 16.6. The van der Waals surface area contributed by atoms with Crippen LogP contribution in [0, 0.1) is 11.8 Å². The maximum atomic E-state index is 12.6. The largest absolute Gasteiger partial charge is 0.479 e. The van der Waals surface area contributed by atoms with Crippen molar-refractivity contribution in [2.75, 3.05) is 19.7 Å². The SMILES string of the molecule is O=C(NCC(C(=O)NC[C@H](O)C(=O)O)C1CCC1)OCC1c2ccccc2-c2ccccc21. The number of rotatable bonds is 9. The molecule has 2 amide bonds. The van der Waals surface area contributed by atoms with Crippen LogP contribution in [0.5, 0.6) is 0 Å². The average molecular weight is 453 g/mol. The van der Waals surface area contributed by atoms with Gasteiger partial charge in [0.25, 0.3) is 0 Å². The van der Waals surface area contributed by atoms with Gasteiger partial charge >= 0.3 is 12.1 Å². The van der Waals surface area contributed by atoms with Gasteiger partial charge in [-0.2, -0.15) is 0 Å². The Morgan fingerprint density at radius 3 is 2.09 bits per heavy atom. The number of aliphatic hydroxyl groups is 1. The zero-order valence-electron chi connectivity index (χ0n) is 18.2. The van der Waals surface area contributed by atoms with Gasteiger partial charge in [0.15, 0.2) is 6.10 Å². The summed E-state index contributed by atoms with van der Waals surface area (Å²) in [4.78, 5) is 35.8. The van der Waals surface area contributed by atoms with Crippen LogP contribution in [0.3, 0.4) is 0 Å². The highest BCUT2D eigenvalue weighted by atomic mass is 16.5. The number of carbonyl (C=O) groups is 3. The molecule has 1 saturated carbocycles. The van der Waals surface area contributed by atoms with Crippen molar-refractivity contribution < 1.29 is 29.3 Å². The lowest BCUT2D eigenvalue weighted by Gasteiger charge is -2.33. The Balaban J connectivity index is 1.33. The molecule has 2 aromatic rings. The number of carboxylic acid groups (broad SMARTS) is 1. The van der Waals surface area contributed by atoms with Crippen LogP contribution in [0.2, 0.25) is 0 Å². The maximum absolute atomic E-state index is 12.6. The lowest BCUT2D eigenvalue weighted by molar-refractivity contribution is -0.146. The van der Waals surface area contributed by atoms with Gasteiger partial charge in [-0.05, 0) is 41.0 Å². The number of benzene rings is 2. The predicted molar refractivity (Wildman–Crippen MR) is 121 cm³/mol. The van der Waals surface area contributed by atoms with Crippen LogP contribution < -0.4 is 10.6 Å². The minimum absolute atomic E-state index is 0.0496. The fourth-order valence-electron chi connectivity index (χ4n) is 4.57. The zero-order chi connectivity index (χ0) is 23.4. The number of aliphatic carboxylic acids is 1. The van der Waals surface area contributed by atoms with Gasteiger partial charge in [-0.15, -0.1) is 0 Å². The number of carboxylic acids is 1. The minimum Gasteiger partial charge on any atom is -0.479 e. The second-order valence-electron chi connectivity index (χ2n) is 8.60. The topological polar surface area (TPSA) is 125 Å². The van der Waals surface area contributed by atoms with Crippen molar-refractivity contribution in [3.8, 4) is 11.1 Å². The molecule has 0 saturated heterocycles. The third-order valence-electron chi connectivity index (χ3n) is 6.62. The summed E-state index contributed by atoms with van der Waals surface area (Å²) in [6, 6.07) is 16.2. The van der Waals surface area contributed by atoms with Crippen molar-refractivity contribution in [3.63, 3.8) is 0 Å². The van der Waals surface area contributed by atoms with E-state index in [1.807, 2.05) is 36.4 Å². The lowest BCUT2D eigenvalue weighted by Crippen LogP contribution is -2.47. The molecule has 0 radical (unpaired) electrons. The van der Waals surface area contributed by atoms with Gasteiger partial charge in [0.05, 0.1) is 12.5 Å². The molecule has 4 N–H and O–H groups in total. The molecule has 0 aromatic heterocycles. The Morgan fingerprint density at radius 1 is 0.939 bits per heavy atom. The first-order valence-electron chi connectivity index (χ1n) is 11.2. The number of carbonyl (C=O) groups excluding carboxylic acids is 2. The number of amides is 2. The highest BCUT2D eigenvalue weighted by Crippen LogP contribution is 2.44. The van der Waals surface area contributed by atoms with Crippen molar-refractivity contribution in [2.45, 2.75) is 31.3 Å². The smallest absolute Gasteiger partial charge is 0.407 e. The van der Waals surface area contributed by atoms with Crippen molar-refractivity contribution >= 4 is 18.0 Å². The number of aliphatic hydroxyl groups excluding tert-OH is 1. The highest BCUT2D eigenvalue weighted by molar-refractivity contribution is 5.81. The first-order chi connectivity index (χ1) is 16.0. The van der Waals surface area contributed by atoms with Gasteiger partial charge in [-0.3, -0.25) is 4.79 Å². The van der Waals surface area contributed by atoms with Gasteiger partial charge in [0.2, 0.25) is 5.91 Å². The summed E-state index contributed by atoms with van der Waals surface area (Å²) >= 11 is 0. The molecule has 2 atom stereocenters. The van der Waals surface area contributed by atoms with Crippen molar-refractivity contribution in [3.05, 3.63) is 59.7 Å². The fraction of sp³-hybridized carbons (Fsp3) is 0.400. The molecule has 1 fully saturated rings. The van der Waals surface area contributed by atoms with Crippen LogP contribution in [0.15, 0.2) is 48.5 Å². The molecule has 174 valence electrons. The second kappa shape index (κ2) is 10.0. The molecule has 0 aliphatic heterocycles. The Bertz CT molecular complexity index is 990. The van der Waals surface area contributed by atoms with E-state index >= 15 is 0 Å². The van der Waals surface area contributed by atoms with E-state index in [2.05, 4.69) is 22.8 Å². The van der Waals surface area contributed by atoms with Crippen LogP contribution in [0.1, 0.15) is 36.3 Å². The van der Waals surface area contributed by atoms with Crippen LogP contribution in [-0.4, -0.2) is 54.0 Å². The standard InChI is InChI=1S/C25H28N2O6/c28-22(24(30)31)13-26-23(29)20(15-6-5-7-15)12-27-25(32)33-14-21-18-10-3-1-8-16(18)17-9-2-4-11-19(17)21/h1-4,8-11,15,20-22,28H,5-7,12-14H2,(H,26,29)(H,27,32)(H,30,31)/t20?,22-/m0/s1. The molecular weight excluding hydrogens is 424 g/mol. The summed E-state index contributed by atoms with van der Waals surface area (Å²) in [5.41, 5.74) is 4.53. The Hall–Kier alpha value is -3.39. The molecule has 8 heteroatoms. The summed E-state index contributed by atoms with van der Waals surface area (Å²) in [7, 11) is 0. The van der Waals surface area contributed by atoms with Gasteiger partial charge in [-0.25, -0.2) is 9.59 Å². The lowest BCUT2D eigenvalue weighted by atomic mass is 9.75. The average Bonchev–Trinajstić information content (AvgIpc) is 3.10. The third-order valence-corrected chi connectivity index (χ3v) is 6.62. The molecule has 0 heterocycles. The third kappa shape index (κ3) is 5.01. The van der Waals surface area contributed by atoms with E-state index in [4.69, 9.17) is 9.84 Å². The molecule has 33 heavy (non-hydrogen) atoms. The summed E-state index contributed by atoms with van der Waals surface area (Å²) in [6.07, 6.45) is 0.486. The van der Waals surface area contributed by atoms with E-state index in [0.717, 1.165) is 41.5 Å². The molecular formula is C25H28N2O6. The first kappa shape index (κ1) is 22.8. The summed E-state index contributed by atoms with van der Waals surface area (Å²) in [6.45, 7) is -0.0936. The fourth-order valence-corrected chi connectivity index (χ4v) is 4.57. The Kier molecular flexibility index (Phi) is 6.93. The number of hydrogen-bond acceptors (Lipinski definition) is 5. The van der Waals surface area contributed by atoms with Crippen LogP contribution >= 0.6 is 0 Å². The van der Waals surface area contributed by atoms with E-state index in [1.54, 1.807) is 0 Å². The van der Waals surface area contributed by atoms with Crippen LogP contribution in [0.25, 0.3) is 11.1 Å². The quantitative estimate of drug-likeness (QED) is 0.463. The van der Waals surface area contributed by atoms with Crippen LogP contribution in [-0.2, 0) is 14.3 Å². The van der Waals surface area contributed by atoms with E-state index < -0.39 is 24.1 Å². The maximum Gasteiger partial charge on any atom is 0.407 e. The van der Waals surface area contributed by atoms with E-state index in [-0.39, 0.29) is 37.4 Å². The van der Waals surface area contributed by atoms with Crippen molar-refractivity contribution in [1.29, 1.82) is 0 Å². The Morgan fingerprint density at radius 2 is 1.55 bits per heavy atom. The second-order valence-corrected chi connectivity index (χ2v) is 8.60. The number of ether oxygens (including phenoxy) is 1. The number of alkyl carbamates (subject to hydrolysis) is 1. The summed E-state index contributed by atoms with van der Waals surface area (Å²) in [5.74, 6) is -2.21. The molecule has 0 bridgehead atoms. The van der Waals surface area contributed by atoms with Crippen molar-refractivity contribution in [2.24, 2.45) is 11.8 Å². The number of fused-ring (bicyclic) bond motifs is 3. The van der Waals surface area contributed by atoms with E-state index in [9.17, 15) is 19.5 Å². The van der Waals surface area contributed by atoms with Gasteiger partial charge in [0.1, 0.15) is 6.61 Å². The predicted octanol–water partition coefficient (Wildman–Crippen LogP) is 2.50. The molecule has 2 aliphatic rings. The van der Waals surface area contributed by atoms with Gasteiger partial charge in [0, 0.05) is 12.5 Å². The monoisotopic (exact) mass is 452 g/mol. The zero-order valence-corrected chi connectivity index (χ0v) is 18.2. The highest BCUT2D eigenvalue weighted by Gasteiger charge is 2.34. The first-order valence-corrected chi connectivity index (χ1v) is 11.2. The number of hydrogen-bond donors (Lipinski definition) is 4. The summed E-state index contributed by atoms with van der Waals surface area (Å²) < 4.78 is 5.53. The summed E-state index contributed by atoms with van der Waals surface area (Å²) in [5, 5.41) is 23.3. The molecule has 8 nitrogen and oxygen atoms in total. The van der Waals surface area contributed by atoms with Crippen LogP contribution in [0.4, 0.5) is 4.79 Å². The molecule has 4 rings (SSSR count). The van der Waals surface area contributed by atoms with E-state index in [0.29, 0.717) is 0 Å². The minimum atomic E-state index is -1.66. The molecule has 2 aliphatic carbocycles. The number of nitrogens with one attached hydrogen (secondary N) is 2. The van der Waals surface area contributed by atoms with Crippen molar-refractivity contribution in [1.82, 2.24) is 10.6 Å². The molecule has 0 spiro atoms. The van der Waals surface area contributed by atoms with Gasteiger partial charge < -0.3 is 25.6 Å². The Labute approximate surface area is 192 Å². The van der Waals surface area contributed by atoms with Gasteiger partial charge in [-0.1, -0.05) is 55.0 Å². The van der Waals surface area contributed by atoms with E-state index in [1.165, 1.54) is 0 Å². The molecule has 2 aromatic carbocycles. The molecule has 1 unspecified atom stereocenters.